The number of methoxy groups -OCH3 is 1. The quantitative estimate of drug-likeness (QED) is 0.625. The van der Waals surface area contributed by atoms with Gasteiger partial charge in [0, 0.05) is 38.6 Å². The van der Waals surface area contributed by atoms with Gasteiger partial charge < -0.3 is 19.5 Å². The van der Waals surface area contributed by atoms with Crippen LogP contribution in [-0.4, -0.2) is 50.1 Å². The van der Waals surface area contributed by atoms with E-state index in [0.29, 0.717) is 38.9 Å². The zero-order valence-corrected chi connectivity index (χ0v) is 12.6. The number of hydrogen-bond donors (Lipinski definition) is 1. The summed E-state index contributed by atoms with van der Waals surface area (Å²) in [7, 11) is 1.66. The lowest BCUT2D eigenvalue weighted by molar-refractivity contribution is 0.0472. The van der Waals surface area contributed by atoms with E-state index in [1.165, 1.54) is 0 Å². The minimum atomic E-state index is 0.429. The summed E-state index contributed by atoms with van der Waals surface area (Å²) in [5.41, 5.74) is 0.942. The van der Waals surface area contributed by atoms with E-state index >= 15 is 0 Å². The van der Waals surface area contributed by atoms with Crippen molar-refractivity contribution in [1.29, 1.82) is 0 Å². The van der Waals surface area contributed by atoms with Crippen molar-refractivity contribution in [1.82, 2.24) is 9.97 Å². The van der Waals surface area contributed by atoms with Crippen LogP contribution < -0.4 is 5.32 Å². The van der Waals surface area contributed by atoms with Crippen molar-refractivity contribution in [2.75, 3.05) is 45.4 Å². The molecule has 0 unspecified atom stereocenters. The molecule has 0 fully saturated rings. The summed E-state index contributed by atoms with van der Waals surface area (Å²) in [5, 5.41) is 3.18. The van der Waals surface area contributed by atoms with Gasteiger partial charge in [-0.25, -0.2) is 9.97 Å². The third-order valence-corrected chi connectivity index (χ3v) is 2.50. The van der Waals surface area contributed by atoms with Gasteiger partial charge in [0.05, 0.1) is 13.2 Å². The zero-order chi connectivity index (χ0) is 14.6. The van der Waals surface area contributed by atoms with E-state index in [2.05, 4.69) is 15.3 Å². The molecule has 0 bridgehead atoms. The van der Waals surface area contributed by atoms with Crippen LogP contribution >= 0.6 is 0 Å². The van der Waals surface area contributed by atoms with E-state index in [4.69, 9.17) is 14.2 Å². The van der Waals surface area contributed by atoms with Crippen molar-refractivity contribution in [3.8, 4) is 0 Å². The number of aryl methyl sites for hydroxylation is 1. The topological polar surface area (TPSA) is 65.5 Å². The van der Waals surface area contributed by atoms with Gasteiger partial charge in [-0.2, -0.15) is 0 Å². The summed E-state index contributed by atoms with van der Waals surface area (Å²) in [4.78, 5) is 8.74. The number of anilines is 1. The van der Waals surface area contributed by atoms with E-state index in [1.54, 1.807) is 7.11 Å². The largest absolute Gasteiger partial charge is 0.382 e. The third kappa shape index (κ3) is 7.37. The number of ether oxygens (including phenoxy) is 3. The van der Waals surface area contributed by atoms with Crippen molar-refractivity contribution in [2.24, 2.45) is 0 Å². The Labute approximate surface area is 120 Å². The summed E-state index contributed by atoms with van der Waals surface area (Å²) in [5.74, 6) is 1.56. The van der Waals surface area contributed by atoms with Crippen LogP contribution in [0, 0.1) is 6.92 Å². The Morgan fingerprint density at radius 1 is 1.10 bits per heavy atom. The number of rotatable bonds is 11. The van der Waals surface area contributed by atoms with Gasteiger partial charge in [-0.3, -0.25) is 0 Å². The monoisotopic (exact) mass is 283 g/mol. The molecule has 0 saturated heterocycles. The Morgan fingerprint density at radius 3 is 2.65 bits per heavy atom. The van der Waals surface area contributed by atoms with E-state index in [0.717, 1.165) is 24.5 Å². The van der Waals surface area contributed by atoms with Crippen LogP contribution in [0.3, 0.4) is 0 Å². The lowest BCUT2D eigenvalue weighted by Crippen LogP contribution is -2.08. The molecule has 1 N–H and O–H groups in total. The second-order valence-corrected chi connectivity index (χ2v) is 4.35. The predicted octanol–water partition coefficient (Wildman–Crippen LogP) is 1.79. The average molecular weight is 283 g/mol. The number of aromatic nitrogens is 2. The highest BCUT2D eigenvalue weighted by atomic mass is 16.5. The fourth-order valence-electron chi connectivity index (χ4n) is 1.64. The third-order valence-electron chi connectivity index (χ3n) is 2.50. The SMILES string of the molecule is CCNc1cc(C)nc(COCCCOCCOC)n1. The van der Waals surface area contributed by atoms with Gasteiger partial charge in [0.15, 0.2) is 5.82 Å². The van der Waals surface area contributed by atoms with Crippen LogP contribution in [0.2, 0.25) is 0 Å². The van der Waals surface area contributed by atoms with Gasteiger partial charge in [0.2, 0.25) is 0 Å². The van der Waals surface area contributed by atoms with E-state index in [-0.39, 0.29) is 0 Å². The lowest BCUT2D eigenvalue weighted by Gasteiger charge is -2.08. The fourth-order valence-corrected chi connectivity index (χ4v) is 1.64. The molecule has 0 spiro atoms. The molecule has 6 nitrogen and oxygen atoms in total. The molecule has 0 radical (unpaired) electrons. The Hall–Kier alpha value is -1.24. The molecule has 0 aromatic carbocycles. The Morgan fingerprint density at radius 2 is 1.90 bits per heavy atom. The molecule has 1 aromatic heterocycles. The standard InChI is InChI=1S/C14H25N3O3/c1-4-15-13-10-12(2)16-14(17-13)11-20-7-5-6-19-9-8-18-3/h10H,4-9,11H2,1-3H3,(H,15,16,17). The molecule has 1 aromatic rings. The first kappa shape index (κ1) is 16.8. The van der Waals surface area contributed by atoms with Gasteiger partial charge in [0.25, 0.3) is 0 Å². The van der Waals surface area contributed by atoms with Crippen LogP contribution in [0.15, 0.2) is 6.07 Å². The summed E-state index contributed by atoms with van der Waals surface area (Å²) < 4.78 is 15.8. The van der Waals surface area contributed by atoms with Crippen molar-refractivity contribution in [3.05, 3.63) is 17.6 Å². The first-order valence-corrected chi connectivity index (χ1v) is 6.99. The highest BCUT2D eigenvalue weighted by Gasteiger charge is 2.02. The molecule has 0 atom stereocenters. The molecule has 114 valence electrons. The molecular weight excluding hydrogens is 258 g/mol. The van der Waals surface area contributed by atoms with Crippen LogP contribution in [0.1, 0.15) is 24.9 Å². The van der Waals surface area contributed by atoms with Gasteiger partial charge in [0.1, 0.15) is 12.4 Å². The lowest BCUT2D eigenvalue weighted by atomic mass is 10.4. The van der Waals surface area contributed by atoms with Gasteiger partial charge in [-0.15, -0.1) is 0 Å². The molecule has 0 amide bonds. The Bertz CT molecular complexity index is 375. The molecule has 20 heavy (non-hydrogen) atoms. The summed E-state index contributed by atoms with van der Waals surface area (Å²) in [6.45, 7) is 7.84. The zero-order valence-electron chi connectivity index (χ0n) is 12.6. The molecule has 0 aliphatic carbocycles. The maximum atomic E-state index is 5.55. The second kappa shape index (κ2) is 10.5. The van der Waals surface area contributed by atoms with Crippen molar-refractivity contribution in [2.45, 2.75) is 26.9 Å². The summed E-state index contributed by atoms with van der Waals surface area (Å²) in [6, 6.07) is 1.93. The van der Waals surface area contributed by atoms with E-state index < -0.39 is 0 Å². The average Bonchev–Trinajstić information content (AvgIpc) is 2.41. The highest BCUT2D eigenvalue weighted by molar-refractivity contribution is 5.35. The minimum absolute atomic E-state index is 0.429. The maximum Gasteiger partial charge on any atom is 0.156 e. The van der Waals surface area contributed by atoms with Crippen LogP contribution in [0.25, 0.3) is 0 Å². The molecule has 0 aliphatic heterocycles. The van der Waals surface area contributed by atoms with Gasteiger partial charge in [-0.1, -0.05) is 0 Å². The first-order valence-electron chi connectivity index (χ1n) is 6.99. The molecular formula is C14H25N3O3. The predicted molar refractivity (Wildman–Crippen MR) is 77.9 cm³/mol. The highest BCUT2D eigenvalue weighted by Crippen LogP contribution is 2.06. The Balaban J connectivity index is 2.18. The van der Waals surface area contributed by atoms with Crippen molar-refractivity contribution >= 4 is 5.82 Å². The summed E-state index contributed by atoms with van der Waals surface area (Å²) >= 11 is 0. The molecule has 6 heteroatoms. The number of nitrogens with one attached hydrogen (secondary N) is 1. The fraction of sp³-hybridized carbons (Fsp3) is 0.714. The molecule has 1 rings (SSSR count). The minimum Gasteiger partial charge on any atom is -0.382 e. The second-order valence-electron chi connectivity index (χ2n) is 4.35. The Kier molecular flexibility index (Phi) is 8.86. The smallest absolute Gasteiger partial charge is 0.156 e. The molecule has 0 aliphatic rings. The van der Waals surface area contributed by atoms with Crippen molar-refractivity contribution in [3.63, 3.8) is 0 Å². The van der Waals surface area contributed by atoms with Gasteiger partial charge >= 0.3 is 0 Å². The van der Waals surface area contributed by atoms with Crippen molar-refractivity contribution < 1.29 is 14.2 Å². The number of nitrogens with zero attached hydrogens (tertiary/aromatic N) is 2. The molecule has 1 heterocycles. The maximum absolute atomic E-state index is 5.55. The number of hydrogen-bond acceptors (Lipinski definition) is 6. The van der Waals surface area contributed by atoms with E-state index in [9.17, 15) is 0 Å². The van der Waals surface area contributed by atoms with Crippen LogP contribution in [0.5, 0.6) is 0 Å². The van der Waals surface area contributed by atoms with E-state index in [1.807, 2.05) is 19.9 Å². The van der Waals surface area contributed by atoms with Crippen LogP contribution in [-0.2, 0) is 20.8 Å². The first-order chi connectivity index (χ1) is 9.76. The summed E-state index contributed by atoms with van der Waals surface area (Å²) in [6.07, 6.45) is 0.857. The van der Waals surface area contributed by atoms with Crippen LogP contribution in [0.4, 0.5) is 5.82 Å². The van der Waals surface area contributed by atoms with Gasteiger partial charge in [-0.05, 0) is 20.3 Å². The normalized spacial score (nSPS) is 10.8. The molecule has 0 saturated carbocycles.